The molecular weight excluding hydrogens is 449 g/mol. The second-order valence-electron chi connectivity index (χ2n) is 7.55. The summed E-state index contributed by atoms with van der Waals surface area (Å²) in [6.45, 7) is 5.51. The minimum Gasteiger partial charge on any atom is -0.479 e. The van der Waals surface area contributed by atoms with Crippen LogP contribution in [0, 0.1) is 5.92 Å². The standard InChI is InChI=1S/C24H27Cl2N3O3/c1-16(2)14-21(24(31)29-27-13-7-10-18-8-5-4-6-9-18)28-23(30)17(3)32-22-12-11-19(25)15-20(22)26/h4-13,15-17,21H,14H2,1-3H3,(H,28,30)(H,29,31)/b10-7+,27-13-/t17-,21+/m1/s1. The Hall–Kier alpha value is -2.83. The fourth-order valence-electron chi connectivity index (χ4n) is 2.75. The van der Waals surface area contributed by atoms with Crippen molar-refractivity contribution in [3.8, 4) is 5.75 Å². The van der Waals surface area contributed by atoms with Gasteiger partial charge in [0.25, 0.3) is 11.8 Å². The van der Waals surface area contributed by atoms with E-state index in [-0.39, 0.29) is 5.92 Å². The van der Waals surface area contributed by atoms with E-state index < -0.39 is 24.0 Å². The predicted molar refractivity (Wildman–Crippen MR) is 130 cm³/mol. The highest BCUT2D eigenvalue weighted by molar-refractivity contribution is 6.35. The van der Waals surface area contributed by atoms with Gasteiger partial charge >= 0.3 is 0 Å². The molecular formula is C24H27Cl2N3O3. The van der Waals surface area contributed by atoms with Crippen LogP contribution in [0.15, 0.2) is 59.7 Å². The molecule has 2 aromatic carbocycles. The Morgan fingerprint density at radius 1 is 1.06 bits per heavy atom. The predicted octanol–water partition coefficient (Wildman–Crippen LogP) is 5.11. The van der Waals surface area contributed by atoms with Crippen molar-refractivity contribution < 1.29 is 14.3 Å². The number of ether oxygens (including phenoxy) is 1. The summed E-state index contributed by atoms with van der Waals surface area (Å²) >= 11 is 12.0. The SMILES string of the molecule is CC(C)C[C@H](NC(=O)[C@@H](C)Oc1ccc(Cl)cc1Cl)C(=O)N/N=C\C=C\c1ccccc1. The number of allylic oxidation sites excluding steroid dienone is 1. The van der Waals surface area contributed by atoms with Crippen molar-refractivity contribution in [2.45, 2.75) is 39.3 Å². The van der Waals surface area contributed by atoms with Gasteiger partial charge in [-0.05, 0) is 49.1 Å². The second kappa shape index (κ2) is 12.9. The van der Waals surface area contributed by atoms with Crippen LogP contribution in [0.2, 0.25) is 10.0 Å². The highest BCUT2D eigenvalue weighted by atomic mass is 35.5. The summed E-state index contributed by atoms with van der Waals surface area (Å²) in [5, 5.41) is 7.42. The van der Waals surface area contributed by atoms with E-state index in [9.17, 15) is 9.59 Å². The molecule has 2 rings (SSSR count). The molecule has 0 fully saturated rings. The van der Waals surface area contributed by atoms with E-state index >= 15 is 0 Å². The second-order valence-corrected chi connectivity index (χ2v) is 8.39. The topological polar surface area (TPSA) is 79.8 Å². The van der Waals surface area contributed by atoms with Gasteiger partial charge in [-0.15, -0.1) is 0 Å². The minimum atomic E-state index is -0.867. The van der Waals surface area contributed by atoms with Crippen molar-refractivity contribution in [2.75, 3.05) is 0 Å². The fraction of sp³-hybridized carbons (Fsp3) is 0.292. The zero-order valence-corrected chi connectivity index (χ0v) is 19.7. The van der Waals surface area contributed by atoms with Crippen molar-refractivity contribution in [1.82, 2.24) is 10.7 Å². The molecule has 170 valence electrons. The van der Waals surface area contributed by atoms with Crippen molar-refractivity contribution in [2.24, 2.45) is 11.0 Å². The molecule has 0 heterocycles. The molecule has 0 saturated heterocycles. The average Bonchev–Trinajstić information content (AvgIpc) is 2.75. The van der Waals surface area contributed by atoms with E-state index in [4.69, 9.17) is 27.9 Å². The normalized spacial score (nSPS) is 13.3. The molecule has 0 radical (unpaired) electrons. The van der Waals surface area contributed by atoms with Gasteiger partial charge in [0, 0.05) is 11.2 Å². The maximum absolute atomic E-state index is 12.6. The van der Waals surface area contributed by atoms with Crippen molar-refractivity contribution in [1.29, 1.82) is 0 Å². The number of benzene rings is 2. The molecule has 6 nitrogen and oxygen atoms in total. The van der Waals surface area contributed by atoms with Crippen LogP contribution in [0.25, 0.3) is 6.08 Å². The van der Waals surface area contributed by atoms with E-state index in [0.29, 0.717) is 22.2 Å². The summed E-state index contributed by atoms with van der Waals surface area (Å²) in [5.41, 5.74) is 3.49. The van der Waals surface area contributed by atoms with Crippen LogP contribution in [-0.4, -0.2) is 30.2 Å². The van der Waals surface area contributed by atoms with Gasteiger partial charge in [-0.1, -0.05) is 73.5 Å². The molecule has 0 bridgehead atoms. The monoisotopic (exact) mass is 475 g/mol. The van der Waals surface area contributed by atoms with E-state index in [2.05, 4.69) is 15.8 Å². The average molecular weight is 476 g/mol. The van der Waals surface area contributed by atoms with Crippen molar-refractivity contribution >= 4 is 47.3 Å². The van der Waals surface area contributed by atoms with E-state index in [1.54, 1.807) is 25.1 Å². The van der Waals surface area contributed by atoms with Crippen LogP contribution in [0.5, 0.6) is 5.75 Å². The van der Waals surface area contributed by atoms with E-state index in [1.165, 1.54) is 12.3 Å². The molecule has 2 aromatic rings. The van der Waals surface area contributed by atoms with Crippen LogP contribution in [0.3, 0.4) is 0 Å². The largest absolute Gasteiger partial charge is 0.479 e. The quantitative estimate of drug-likeness (QED) is 0.370. The summed E-state index contributed by atoms with van der Waals surface area (Å²) in [7, 11) is 0. The Bertz CT molecular complexity index is 962. The van der Waals surface area contributed by atoms with E-state index in [0.717, 1.165) is 5.56 Å². The third kappa shape index (κ3) is 8.73. The fourth-order valence-corrected chi connectivity index (χ4v) is 3.20. The van der Waals surface area contributed by atoms with Gasteiger partial charge < -0.3 is 10.1 Å². The first kappa shape index (κ1) is 25.4. The molecule has 2 N–H and O–H groups in total. The zero-order chi connectivity index (χ0) is 23.5. The molecule has 0 aliphatic carbocycles. The third-order valence-electron chi connectivity index (χ3n) is 4.33. The van der Waals surface area contributed by atoms with Crippen molar-refractivity contribution in [3.05, 3.63) is 70.2 Å². The van der Waals surface area contributed by atoms with Crippen LogP contribution in [-0.2, 0) is 9.59 Å². The van der Waals surface area contributed by atoms with Crippen LogP contribution in [0.1, 0.15) is 32.8 Å². The molecule has 0 aliphatic rings. The molecule has 0 aliphatic heterocycles. The number of halogens is 2. The number of amides is 2. The molecule has 2 amide bonds. The number of carbonyl (C=O) groups excluding carboxylic acids is 2. The van der Waals surface area contributed by atoms with Gasteiger partial charge in [0.15, 0.2) is 6.10 Å². The Kier molecular flexibility index (Phi) is 10.2. The molecule has 0 spiro atoms. The van der Waals surface area contributed by atoms with Gasteiger partial charge in [0.2, 0.25) is 0 Å². The summed E-state index contributed by atoms with van der Waals surface area (Å²) in [4.78, 5) is 25.2. The van der Waals surface area contributed by atoms with Crippen molar-refractivity contribution in [3.63, 3.8) is 0 Å². The summed E-state index contributed by atoms with van der Waals surface area (Å²) in [5.74, 6) is -0.341. The first-order valence-electron chi connectivity index (χ1n) is 10.2. The first-order valence-corrected chi connectivity index (χ1v) is 11.0. The molecule has 2 atom stereocenters. The Labute approximate surface area is 198 Å². The molecule has 0 unspecified atom stereocenters. The minimum absolute atomic E-state index is 0.176. The van der Waals surface area contributed by atoms with Gasteiger partial charge in [0.1, 0.15) is 11.8 Å². The Balaban J connectivity index is 1.94. The lowest BCUT2D eigenvalue weighted by molar-refractivity contribution is -0.132. The molecule has 8 heteroatoms. The number of nitrogens with zero attached hydrogens (tertiary/aromatic N) is 1. The molecule has 0 saturated carbocycles. The smallest absolute Gasteiger partial charge is 0.262 e. The first-order chi connectivity index (χ1) is 15.3. The van der Waals surface area contributed by atoms with Crippen LogP contribution < -0.4 is 15.5 Å². The maximum atomic E-state index is 12.6. The number of rotatable bonds is 10. The van der Waals surface area contributed by atoms with Gasteiger partial charge in [-0.2, -0.15) is 5.10 Å². The number of hydrogen-bond acceptors (Lipinski definition) is 4. The lowest BCUT2D eigenvalue weighted by atomic mass is 10.0. The lowest BCUT2D eigenvalue weighted by Gasteiger charge is -2.22. The Morgan fingerprint density at radius 2 is 1.78 bits per heavy atom. The molecule has 0 aromatic heterocycles. The summed E-state index contributed by atoms with van der Waals surface area (Å²) < 4.78 is 5.63. The number of hydrazone groups is 1. The van der Waals surface area contributed by atoms with E-state index in [1.807, 2.05) is 50.3 Å². The number of nitrogens with one attached hydrogen (secondary N) is 2. The third-order valence-corrected chi connectivity index (χ3v) is 4.86. The number of carbonyl (C=O) groups is 2. The summed E-state index contributed by atoms with van der Waals surface area (Å²) in [6, 6.07) is 13.7. The lowest BCUT2D eigenvalue weighted by Crippen LogP contribution is -2.49. The van der Waals surface area contributed by atoms with Gasteiger partial charge in [-0.25, -0.2) is 5.43 Å². The summed E-state index contributed by atoms with van der Waals surface area (Å²) in [6.07, 6.45) is 4.64. The van der Waals surface area contributed by atoms with Gasteiger partial charge in [0.05, 0.1) is 5.02 Å². The van der Waals surface area contributed by atoms with Crippen LogP contribution in [0.4, 0.5) is 0 Å². The van der Waals surface area contributed by atoms with Gasteiger partial charge in [-0.3, -0.25) is 9.59 Å². The zero-order valence-electron chi connectivity index (χ0n) is 18.2. The Morgan fingerprint density at radius 3 is 2.44 bits per heavy atom. The maximum Gasteiger partial charge on any atom is 0.262 e. The molecule has 32 heavy (non-hydrogen) atoms. The van der Waals surface area contributed by atoms with Crippen LogP contribution >= 0.6 is 23.2 Å². The highest BCUT2D eigenvalue weighted by Crippen LogP contribution is 2.28. The highest BCUT2D eigenvalue weighted by Gasteiger charge is 2.25. The number of hydrogen-bond donors (Lipinski definition) is 2.